The molecule has 0 aromatic heterocycles. The quantitative estimate of drug-likeness (QED) is 0.215. The van der Waals surface area contributed by atoms with Crippen LogP contribution in [-0.4, -0.2) is 96.7 Å². The number of benzene rings is 1. The highest BCUT2D eigenvalue weighted by atomic mass is 16.2. The molecule has 0 bridgehead atoms. The van der Waals surface area contributed by atoms with Gasteiger partial charge in [-0.3, -0.25) is 33.7 Å². The number of fused-ring (bicyclic) bond motifs is 1. The van der Waals surface area contributed by atoms with Crippen molar-refractivity contribution >= 4 is 35.4 Å². The highest BCUT2D eigenvalue weighted by molar-refractivity contribution is 5.94. The smallest absolute Gasteiger partial charge is 0.243 e. The zero-order valence-corrected chi connectivity index (χ0v) is 26.8. The predicted molar refractivity (Wildman–Crippen MR) is 169 cm³/mol. The van der Waals surface area contributed by atoms with Crippen LogP contribution in [0.4, 0.5) is 0 Å². The third-order valence-electron chi connectivity index (χ3n) is 8.04. The largest absolute Gasteiger partial charge is 0.355 e. The number of carbonyl (C=O) groups excluding carboxylic acids is 6. The summed E-state index contributed by atoms with van der Waals surface area (Å²) in [5.41, 5.74) is 0.807. The van der Waals surface area contributed by atoms with Gasteiger partial charge in [-0.05, 0) is 50.6 Å². The van der Waals surface area contributed by atoms with Gasteiger partial charge in [0.15, 0.2) is 0 Å². The van der Waals surface area contributed by atoms with Crippen molar-refractivity contribution in [2.75, 3.05) is 26.2 Å². The fourth-order valence-corrected chi connectivity index (χ4v) is 5.79. The van der Waals surface area contributed by atoms with Crippen LogP contribution in [-0.2, 0) is 35.2 Å². The van der Waals surface area contributed by atoms with Crippen LogP contribution in [0, 0.1) is 5.92 Å². The zero-order chi connectivity index (χ0) is 32.9. The molecule has 2 aliphatic rings. The maximum absolute atomic E-state index is 13.7. The number of hydrogen-bond acceptors (Lipinski definition) is 7. The molecular formula is C32H49N7O6. The fraction of sp³-hybridized carbons (Fsp3) is 0.625. The summed E-state index contributed by atoms with van der Waals surface area (Å²) in [6.07, 6.45) is 3.26. The van der Waals surface area contributed by atoms with Crippen LogP contribution in [0.25, 0.3) is 0 Å². The number of unbranched alkanes of at least 4 members (excludes halogenated alkanes) is 1. The number of nitrogens with one attached hydrogen (secondary N) is 6. The Balaban J connectivity index is 1.94. The lowest BCUT2D eigenvalue weighted by Gasteiger charge is -2.36. The third-order valence-corrected chi connectivity index (χ3v) is 8.04. The van der Waals surface area contributed by atoms with Crippen LogP contribution in [0.2, 0.25) is 0 Å². The van der Waals surface area contributed by atoms with Crippen molar-refractivity contribution in [3.8, 4) is 0 Å². The van der Waals surface area contributed by atoms with E-state index in [1.54, 1.807) is 11.8 Å². The highest BCUT2D eigenvalue weighted by Crippen LogP contribution is 2.23. The van der Waals surface area contributed by atoms with Gasteiger partial charge in [-0.15, -0.1) is 0 Å². The van der Waals surface area contributed by atoms with Crippen LogP contribution in [0.5, 0.6) is 0 Å². The third kappa shape index (κ3) is 10.8. The number of nitrogens with zero attached hydrogens (tertiary/aromatic N) is 1. The van der Waals surface area contributed by atoms with Gasteiger partial charge in [0.05, 0.1) is 25.2 Å². The van der Waals surface area contributed by atoms with Gasteiger partial charge in [-0.2, -0.15) is 0 Å². The average Bonchev–Trinajstić information content (AvgIpc) is 3.47. The highest BCUT2D eigenvalue weighted by Gasteiger charge is 2.42. The molecule has 2 aliphatic heterocycles. The Morgan fingerprint density at radius 1 is 0.911 bits per heavy atom. The molecule has 1 aromatic rings. The first-order chi connectivity index (χ1) is 21.5. The van der Waals surface area contributed by atoms with E-state index < -0.39 is 66.3 Å². The lowest BCUT2D eigenvalue weighted by molar-refractivity contribution is -0.135. The van der Waals surface area contributed by atoms with E-state index in [2.05, 4.69) is 31.9 Å². The van der Waals surface area contributed by atoms with Gasteiger partial charge in [0.2, 0.25) is 35.4 Å². The summed E-state index contributed by atoms with van der Waals surface area (Å²) in [5, 5.41) is 16.5. The molecule has 6 N–H and O–H groups in total. The molecule has 5 atom stereocenters. The molecule has 0 radical (unpaired) electrons. The lowest BCUT2D eigenvalue weighted by atomic mass is 10.0. The minimum absolute atomic E-state index is 0.0516. The van der Waals surface area contributed by atoms with E-state index in [-0.39, 0.29) is 24.8 Å². The van der Waals surface area contributed by atoms with Gasteiger partial charge in [-0.1, -0.05) is 57.5 Å². The average molecular weight is 628 g/mol. The Bertz CT molecular complexity index is 1190. The minimum Gasteiger partial charge on any atom is -0.355 e. The van der Waals surface area contributed by atoms with E-state index in [4.69, 9.17) is 0 Å². The van der Waals surface area contributed by atoms with E-state index in [0.29, 0.717) is 32.4 Å². The summed E-state index contributed by atoms with van der Waals surface area (Å²) in [6, 6.07) is 4.94. The second kappa shape index (κ2) is 17.5. The summed E-state index contributed by atoms with van der Waals surface area (Å²) in [7, 11) is 0. The maximum Gasteiger partial charge on any atom is 0.243 e. The van der Waals surface area contributed by atoms with Crippen molar-refractivity contribution in [3.63, 3.8) is 0 Å². The van der Waals surface area contributed by atoms with Crippen molar-refractivity contribution in [2.24, 2.45) is 5.92 Å². The van der Waals surface area contributed by atoms with Gasteiger partial charge >= 0.3 is 0 Å². The monoisotopic (exact) mass is 627 g/mol. The van der Waals surface area contributed by atoms with Crippen LogP contribution in [0.15, 0.2) is 30.3 Å². The van der Waals surface area contributed by atoms with E-state index >= 15 is 0 Å². The fourth-order valence-electron chi connectivity index (χ4n) is 5.79. The van der Waals surface area contributed by atoms with E-state index in [9.17, 15) is 28.8 Å². The second-order valence-electron chi connectivity index (χ2n) is 12.3. The second-order valence-corrected chi connectivity index (χ2v) is 12.3. The first-order valence-electron chi connectivity index (χ1n) is 16.0. The molecule has 45 heavy (non-hydrogen) atoms. The van der Waals surface area contributed by atoms with E-state index in [1.807, 2.05) is 51.1 Å². The Kier molecular flexibility index (Phi) is 13.8. The SMILES string of the molecule is CCCCNC(=O)[C@@H]1[C@H](C)NC(=O)[C@H](Cc2ccccc2)NC(=O)CNC(=O)[C@H](CC(C)C)NC(=O)CNC(=O)[C@@H]2CCCN12. The van der Waals surface area contributed by atoms with Crippen LogP contribution in [0.1, 0.15) is 65.4 Å². The molecule has 0 aliphatic carbocycles. The Labute approximate surface area is 265 Å². The van der Waals surface area contributed by atoms with Crippen molar-refractivity contribution < 1.29 is 28.8 Å². The van der Waals surface area contributed by atoms with Gasteiger partial charge in [0, 0.05) is 13.0 Å². The maximum atomic E-state index is 13.7. The molecule has 0 spiro atoms. The van der Waals surface area contributed by atoms with Crippen molar-refractivity contribution in [2.45, 2.75) is 96.4 Å². The first kappa shape index (κ1) is 35.5. The van der Waals surface area contributed by atoms with Crippen LogP contribution < -0.4 is 31.9 Å². The molecule has 0 unspecified atom stereocenters. The van der Waals surface area contributed by atoms with Gasteiger partial charge in [0.25, 0.3) is 0 Å². The normalized spacial score (nSPS) is 26.0. The van der Waals surface area contributed by atoms with Gasteiger partial charge in [0.1, 0.15) is 18.1 Å². The van der Waals surface area contributed by atoms with Gasteiger partial charge < -0.3 is 31.9 Å². The number of amides is 6. The molecule has 2 heterocycles. The van der Waals surface area contributed by atoms with Crippen LogP contribution in [0.3, 0.4) is 0 Å². The topological polar surface area (TPSA) is 178 Å². The molecule has 2 saturated heterocycles. The summed E-state index contributed by atoms with van der Waals surface area (Å²) in [6.45, 7) is 7.65. The Morgan fingerprint density at radius 2 is 1.56 bits per heavy atom. The van der Waals surface area contributed by atoms with Crippen molar-refractivity contribution in [3.05, 3.63) is 35.9 Å². The summed E-state index contributed by atoms with van der Waals surface area (Å²) in [5.74, 6) is -2.84. The molecule has 248 valence electrons. The van der Waals surface area contributed by atoms with E-state index in [0.717, 1.165) is 18.4 Å². The Morgan fingerprint density at radius 3 is 2.20 bits per heavy atom. The van der Waals surface area contributed by atoms with Crippen molar-refractivity contribution in [1.29, 1.82) is 0 Å². The summed E-state index contributed by atoms with van der Waals surface area (Å²) in [4.78, 5) is 81.3. The van der Waals surface area contributed by atoms with Crippen LogP contribution >= 0.6 is 0 Å². The number of rotatable bonds is 8. The first-order valence-corrected chi connectivity index (χ1v) is 16.0. The number of carbonyl (C=O) groups is 6. The lowest BCUT2D eigenvalue weighted by Crippen LogP contribution is -2.63. The molecule has 2 fully saturated rings. The summed E-state index contributed by atoms with van der Waals surface area (Å²) < 4.78 is 0. The van der Waals surface area contributed by atoms with Gasteiger partial charge in [-0.25, -0.2) is 0 Å². The molecule has 0 saturated carbocycles. The van der Waals surface area contributed by atoms with Crippen molar-refractivity contribution in [1.82, 2.24) is 36.8 Å². The minimum atomic E-state index is -1.01. The standard InChI is InChI=1S/C32H49N7O6/c1-5-6-14-33-32(45)28-21(4)36-30(43)24(17-22-11-8-7-9-12-22)38-26(40)18-34-29(42)23(16-20(2)3)37-27(41)19-35-31(44)25-13-10-15-39(25)28/h7-9,11-12,20-21,23-25,28H,5-6,10,13-19H2,1-4H3,(H,33,45)(H,34,42)(H,35,44)(H,36,43)(H,37,41)(H,38,40)/t21-,23-,24-,25-,28-/m0/s1. The Hall–Kier alpha value is -4.00. The molecule has 13 heteroatoms. The molecule has 3 rings (SSSR count). The molecule has 6 amide bonds. The van der Waals surface area contributed by atoms with E-state index in [1.165, 1.54) is 0 Å². The summed E-state index contributed by atoms with van der Waals surface area (Å²) >= 11 is 0. The molecule has 13 nitrogen and oxygen atoms in total. The zero-order valence-electron chi connectivity index (χ0n) is 26.8. The molecule has 1 aromatic carbocycles. The predicted octanol–water partition coefficient (Wildman–Crippen LogP) is -0.255. The number of hydrogen-bond donors (Lipinski definition) is 6. The molecular weight excluding hydrogens is 578 g/mol.